The highest BCUT2D eigenvalue weighted by Gasteiger charge is 2.43. The van der Waals surface area contributed by atoms with Crippen molar-refractivity contribution < 1.29 is 22.7 Å². The summed E-state index contributed by atoms with van der Waals surface area (Å²) in [5.41, 5.74) is 4.38. The van der Waals surface area contributed by atoms with Crippen LogP contribution in [0.4, 0.5) is 0 Å². The smallest absolute Gasteiger partial charge is 0.312 e. The molecule has 0 fully saturated rings. The number of esters is 1. The maximum atomic E-state index is 14.0. The Labute approximate surface area is 285 Å². The number of benzene rings is 2. The SMILES string of the molecule is CC[C@@H]1CN(Cc2cc([C@@H](c3ccc4c(nnn4CC)c3C)C(C)(C)C(=O)OCc3ccccc3)sc2C)S(=O)(=O)c2cccnc2O1. The van der Waals surface area contributed by atoms with Gasteiger partial charge in [0.2, 0.25) is 15.9 Å². The van der Waals surface area contributed by atoms with E-state index in [0.29, 0.717) is 13.0 Å². The number of thiophene rings is 1. The Morgan fingerprint density at radius 2 is 1.88 bits per heavy atom. The number of pyridine rings is 1. The van der Waals surface area contributed by atoms with Gasteiger partial charge in [-0.15, -0.1) is 16.4 Å². The number of sulfonamides is 1. The summed E-state index contributed by atoms with van der Waals surface area (Å²) in [5.74, 6) is -0.606. The van der Waals surface area contributed by atoms with Crippen molar-refractivity contribution in [3.05, 3.63) is 98.9 Å². The molecule has 0 saturated carbocycles. The number of hydrogen-bond acceptors (Lipinski definition) is 9. The van der Waals surface area contributed by atoms with Gasteiger partial charge < -0.3 is 9.47 Å². The molecule has 0 radical (unpaired) electrons. The van der Waals surface area contributed by atoms with Gasteiger partial charge in [-0.3, -0.25) is 4.79 Å². The summed E-state index contributed by atoms with van der Waals surface area (Å²) in [6, 6.07) is 18.9. The summed E-state index contributed by atoms with van der Waals surface area (Å²) in [5, 5.41) is 8.84. The highest BCUT2D eigenvalue weighted by atomic mass is 32.2. The van der Waals surface area contributed by atoms with Crippen LogP contribution in [0.3, 0.4) is 0 Å². The predicted octanol–water partition coefficient (Wildman–Crippen LogP) is 6.79. The van der Waals surface area contributed by atoms with Crippen LogP contribution in [-0.4, -0.2) is 51.3 Å². The number of carbonyl (C=O) groups excluding carboxylic acids is 1. The van der Waals surface area contributed by atoms with Gasteiger partial charge in [0.05, 0.1) is 17.5 Å². The van der Waals surface area contributed by atoms with Crippen molar-refractivity contribution in [3.8, 4) is 5.88 Å². The molecule has 1 aliphatic heterocycles. The third-order valence-electron chi connectivity index (χ3n) is 9.22. The number of aromatic nitrogens is 4. The van der Waals surface area contributed by atoms with Gasteiger partial charge in [-0.25, -0.2) is 18.1 Å². The number of fused-ring (bicyclic) bond motifs is 2. The van der Waals surface area contributed by atoms with E-state index in [2.05, 4.69) is 27.4 Å². The second-order valence-electron chi connectivity index (χ2n) is 12.8. The molecule has 252 valence electrons. The third-order valence-corrected chi connectivity index (χ3v) is 12.2. The molecule has 0 amide bonds. The Bertz CT molecular complexity index is 2060. The lowest BCUT2D eigenvalue weighted by Gasteiger charge is -2.33. The standard InChI is InChI=1S/C36H41N5O5S2/c1-7-27-21-40(48(43,44)31-15-12-18-37-34(31)46-27)20-26-19-30(47-24(26)4)32(28-16-17-29-33(23(28)3)38-39-41(29)8-2)36(5,6)35(42)45-22-25-13-10-9-11-14-25/h9-19,27,32H,7-8,20-22H2,1-6H3/t27-,32-/m1/s1. The minimum Gasteiger partial charge on any atom is -0.472 e. The van der Waals surface area contributed by atoms with E-state index in [1.54, 1.807) is 29.7 Å². The zero-order valence-corrected chi connectivity index (χ0v) is 29.8. The molecule has 0 N–H and O–H groups in total. The first-order chi connectivity index (χ1) is 22.9. The lowest BCUT2D eigenvalue weighted by Crippen LogP contribution is -2.36. The highest BCUT2D eigenvalue weighted by Crippen LogP contribution is 2.47. The fraction of sp³-hybridized carbons (Fsp3) is 0.389. The van der Waals surface area contributed by atoms with Gasteiger partial charge in [-0.1, -0.05) is 48.5 Å². The Kier molecular flexibility index (Phi) is 9.43. The monoisotopic (exact) mass is 687 g/mol. The maximum absolute atomic E-state index is 14.0. The fourth-order valence-electron chi connectivity index (χ4n) is 6.37. The Morgan fingerprint density at radius 3 is 2.60 bits per heavy atom. The molecule has 6 rings (SSSR count). The van der Waals surface area contributed by atoms with Crippen molar-refractivity contribution in [2.45, 2.75) is 84.6 Å². The van der Waals surface area contributed by atoms with Gasteiger partial charge in [-0.2, -0.15) is 4.31 Å². The lowest BCUT2D eigenvalue weighted by atomic mass is 9.72. The van der Waals surface area contributed by atoms with Crippen LogP contribution < -0.4 is 4.74 Å². The quantitative estimate of drug-likeness (QED) is 0.148. The topological polar surface area (TPSA) is 117 Å². The molecule has 4 heterocycles. The number of rotatable bonds is 10. The molecule has 0 aliphatic carbocycles. The summed E-state index contributed by atoms with van der Waals surface area (Å²) >= 11 is 1.57. The molecular weight excluding hydrogens is 647 g/mol. The van der Waals surface area contributed by atoms with E-state index >= 15 is 0 Å². The molecular formula is C36H41N5O5S2. The molecule has 5 aromatic rings. The summed E-state index contributed by atoms with van der Waals surface area (Å²) in [6.07, 6.45) is 1.83. The number of aryl methyl sites for hydroxylation is 3. The van der Waals surface area contributed by atoms with E-state index in [4.69, 9.17) is 9.47 Å². The molecule has 1 aliphatic rings. The second kappa shape index (κ2) is 13.4. The first-order valence-corrected chi connectivity index (χ1v) is 18.5. The minimum absolute atomic E-state index is 0.0679. The molecule has 10 nitrogen and oxygen atoms in total. The van der Waals surface area contributed by atoms with E-state index in [9.17, 15) is 13.2 Å². The van der Waals surface area contributed by atoms with Crippen LogP contribution in [0.25, 0.3) is 11.0 Å². The fourth-order valence-corrected chi connectivity index (χ4v) is 9.24. The molecule has 0 bridgehead atoms. The molecule has 2 aromatic carbocycles. The number of nitrogens with zero attached hydrogens (tertiary/aromatic N) is 5. The molecule has 0 spiro atoms. The van der Waals surface area contributed by atoms with Crippen LogP contribution in [0.5, 0.6) is 5.88 Å². The van der Waals surface area contributed by atoms with Crippen LogP contribution in [0.1, 0.15) is 72.0 Å². The van der Waals surface area contributed by atoms with Crippen molar-refractivity contribution in [1.82, 2.24) is 24.3 Å². The Morgan fingerprint density at radius 1 is 1.10 bits per heavy atom. The van der Waals surface area contributed by atoms with Gasteiger partial charge in [0.15, 0.2) is 0 Å². The van der Waals surface area contributed by atoms with E-state index in [0.717, 1.165) is 43.0 Å². The van der Waals surface area contributed by atoms with Crippen LogP contribution in [0, 0.1) is 19.3 Å². The molecule has 2 atom stereocenters. The zero-order valence-electron chi connectivity index (χ0n) is 28.1. The first-order valence-electron chi connectivity index (χ1n) is 16.2. The van der Waals surface area contributed by atoms with Gasteiger partial charge in [0.1, 0.15) is 23.1 Å². The van der Waals surface area contributed by atoms with Crippen molar-refractivity contribution in [2.75, 3.05) is 6.54 Å². The number of carbonyl (C=O) groups is 1. The highest BCUT2D eigenvalue weighted by molar-refractivity contribution is 7.89. The van der Waals surface area contributed by atoms with E-state index in [1.807, 2.05) is 82.6 Å². The van der Waals surface area contributed by atoms with Gasteiger partial charge in [-0.05, 0) is 87.6 Å². The predicted molar refractivity (Wildman–Crippen MR) is 185 cm³/mol. The summed E-state index contributed by atoms with van der Waals surface area (Å²) in [4.78, 5) is 20.2. The molecule has 0 saturated heterocycles. The normalized spacial score (nSPS) is 17.0. The zero-order chi connectivity index (χ0) is 34.2. The second-order valence-corrected chi connectivity index (χ2v) is 15.9. The van der Waals surface area contributed by atoms with E-state index in [1.165, 1.54) is 4.31 Å². The molecule has 12 heteroatoms. The Hall–Kier alpha value is -4.13. The van der Waals surface area contributed by atoms with Crippen molar-refractivity contribution in [3.63, 3.8) is 0 Å². The van der Waals surface area contributed by atoms with Crippen LogP contribution in [-0.2, 0) is 39.3 Å². The van der Waals surface area contributed by atoms with E-state index < -0.39 is 21.4 Å². The number of ether oxygens (including phenoxy) is 2. The first kappa shape index (κ1) is 33.8. The molecule has 0 unspecified atom stereocenters. The van der Waals surface area contributed by atoms with Crippen LogP contribution in [0.15, 0.2) is 71.8 Å². The van der Waals surface area contributed by atoms with E-state index in [-0.39, 0.29) is 42.5 Å². The van der Waals surface area contributed by atoms with Gasteiger partial charge in [0, 0.05) is 35.0 Å². The van der Waals surface area contributed by atoms with Gasteiger partial charge in [0.25, 0.3) is 0 Å². The van der Waals surface area contributed by atoms with Crippen LogP contribution in [0.2, 0.25) is 0 Å². The summed E-state index contributed by atoms with van der Waals surface area (Å²) in [6.45, 7) is 13.1. The summed E-state index contributed by atoms with van der Waals surface area (Å²) < 4.78 is 43.2. The summed E-state index contributed by atoms with van der Waals surface area (Å²) in [7, 11) is -3.89. The molecule has 48 heavy (non-hydrogen) atoms. The maximum Gasteiger partial charge on any atom is 0.312 e. The van der Waals surface area contributed by atoms with Crippen molar-refractivity contribution in [1.29, 1.82) is 0 Å². The molecule has 3 aromatic heterocycles. The third kappa shape index (κ3) is 6.24. The Balaban J connectivity index is 1.41. The average molecular weight is 688 g/mol. The lowest BCUT2D eigenvalue weighted by molar-refractivity contribution is -0.156. The van der Waals surface area contributed by atoms with Crippen LogP contribution >= 0.6 is 11.3 Å². The van der Waals surface area contributed by atoms with Crippen molar-refractivity contribution in [2.24, 2.45) is 5.41 Å². The van der Waals surface area contributed by atoms with Gasteiger partial charge >= 0.3 is 5.97 Å². The minimum atomic E-state index is -3.89. The number of hydrogen-bond donors (Lipinski definition) is 0. The largest absolute Gasteiger partial charge is 0.472 e. The average Bonchev–Trinajstić information content (AvgIpc) is 3.64. The van der Waals surface area contributed by atoms with Crippen molar-refractivity contribution >= 4 is 38.4 Å².